The molecule has 11 heteroatoms. The number of rotatable bonds is 9. The molecule has 0 radical (unpaired) electrons. The van der Waals surface area contributed by atoms with Gasteiger partial charge in [-0.3, -0.25) is 13.7 Å². The van der Waals surface area contributed by atoms with E-state index >= 15 is 0 Å². The zero-order valence-corrected chi connectivity index (χ0v) is 18.9. The lowest BCUT2D eigenvalue weighted by Gasteiger charge is -2.16. The molecule has 0 unspecified atom stereocenters. The molecule has 2 heterocycles. The predicted octanol–water partition coefficient (Wildman–Crippen LogP) is 4.52. The first-order valence-corrected chi connectivity index (χ1v) is 12.5. The largest absolute Gasteiger partial charge is 0.354 e. The quantitative estimate of drug-likeness (QED) is 0.365. The Morgan fingerprint density at radius 2 is 1.87 bits per heavy atom. The summed E-state index contributed by atoms with van der Waals surface area (Å²) in [6.45, 7) is 3.31. The van der Waals surface area contributed by atoms with E-state index in [1.54, 1.807) is 6.92 Å². The third-order valence-corrected chi connectivity index (χ3v) is 8.38. The monoisotopic (exact) mass is 473 g/mol. The molecule has 2 aliphatic rings. The second-order valence-electron chi connectivity index (χ2n) is 6.62. The molecule has 6 nitrogen and oxygen atoms in total. The summed E-state index contributed by atoms with van der Waals surface area (Å²) in [6.07, 6.45) is 2.06. The van der Waals surface area contributed by atoms with Crippen LogP contribution in [0.5, 0.6) is 0 Å². The summed E-state index contributed by atoms with van der Waals surface area (Å²) < 4.78 is 55.4. The number of fused-ring (bicyclic) bond motifs is 1. The van der Waals surface area contributed by atoms with Gasteiger partial charge in [0.1, 0.15) is 11.5 Å². The number of sulfonamides is 1. The first kappa shape index (κ1) is 22.7. The van der Waals surface area contributed by atoms with Crippen molar-refractivity contribution in [3.8, 4) is 5.69 Å². The molecule has 0 amide bonds. The summed E-state index contributed by atoms with van der Waals surface area (Å²) in [6, 6.07) is 4.39. The molecule has 162 valence electrons. The van der Waals surface area contributed by atoms with Gasteiger partial charge < -0.3 is 0 Å². The van der Waals surface area contributed by atoms with Crippen molar-refractivity contribution in [2.24, 2.45) is 0 Å². The average Bonchev–Trinajstić information content (AvgIpc) is 3.01. The van der Waals surface area contributed by atoms with Crippen LogP contribution in [0, 0.1) is 19.7 Å². The summed E-state index contributed by atoms with van der Waals surface area (Å²) in [5, 5.41) is 0. The van der Waals surface area contributed by atoms with E-state index in [9.17, 15) is 22.0 Å². The highest BCUT2D eigenvalue weighted by Gasteiger charge is 2.26. The number of nitrogens with zero attached hydrogens (tertiary/aromatic N) is 2. The van der Waals surface area contributed by atoms with E-state index in [2.05, 4.69) is 9.71 Å². The van der Waals surface area contributed by atoms with Crippen molar-refractivity contribution in [2.45, 2.75) is 42.2 Å². The van der Waals surface area contributed by atoms with E-state index in [0.717, 1.165) is 46.2 Å². The lowest BCUT2D eigenvalue weighted by Crippen LogP contribution is -2.17. The molecule has 1 N–H and O–H groups in total. The van der Waals surface area contributed by atoms with Crippen LogP contribution in [0.3, 0.4) is 0 Å². The molecule has 3 rings (SSSR count). The van der Waals surface area contributed by atoms with Crippen LogP contribution in [0.15, 0.2) is 38.2 Å². The van der Waals surface area contributed by atoms with Gasteiger partial charge in [-0.25, -0.2) is 17.6 Å². The van der Waals surface area contributed by atoms with Crippen LogP contribution in [-0.4, -0.2) is 30.4 Å². The molecule has 0 aliphatic carbocycles. The maximum absolute atomic E-state index is 13.2. The molecule has 1 aromatic rings. The summed E-state index contributed by atoms with van der Waals surface area (Å²) in [7, 11) is -4.06. The Hall–Kier alpha value is -1.98. The lowest BCUT2D eigenvalue weighted by molar-refractivity contribution is 0.460. The maximum atomic E-state index is 13.2. The number of aryl methyl sites for hydroxylation is 1. The Bertz CT molecular complexity index is 1160. The van der Waals surface area contributed by atoms with Crippen LogP contribution < -0.4 is 10.4 Å². The van der Waals surface area contributed by atoms with Crippen LogP contribution in [0.2, 0.25) is 0 Å². The Kier molecular flexibility index (Phi) is 7.14. The minimum absolute atomic E-state index is 0.0602. The Morgan fingerprint density at radius 1 is 1.17 bits per heavy atom. The molecule has 0 fully saturated rings. The normalized spacial score (nSPS) is 11.9. The van der Waals surface area contributed by atoms with Crippen molar-refractivity contribution in [1.82, 2.24) is 9.55 Å². The highest BCUT2D eigenvalue weighted by atomic mass is 32.2. The molecular weight excluding hydrogens is 452 g/mol. The van der Waals surface area contributed by atoms with Gasteiger partial charge in [0.2, 0.25) is 0 Å². The van der Waals surface area contributed by atoms with Crippen LogP contribution >= 0.6 is 23.1 Å². The highest BCUT2D eigenvalue weighted by molar-refractivity contribution is 8.01. The fraction of sp³-hybridized carbons (Fsp3) is 0.368. The van der Waals surface area contributed by atoms with Crippen molar-refractivity contribution in [3.63, 3.8) is 0 Å². The summed E-state index contributed by atoms with van der Waals surface area (Å²) in [5.74, 6) is 0.0931. The molecule has 0 aromatic heterocycles. The van der Waals surface area contributed by atoms with E-state index in [0.29, 0.717) is 23.6 Å². The van der Waals surface area contributed by atoms with Crippen molar-refractivity contribution < 1.29 is 17.2 Å². The van der Waals surface area contributed by atoms with Gasteiger partial charge in [0.25, 0.3) is 10.0 Å². The van der Waals surface area contributed by atoms with Gasteiger partial charge in [0, 0.05) is 10.6 Å². The number of alkyl halides is 1. The van der Waals surface area contributed by atoms with Gasteiger partial charge in [-0.05, 0) is 56.7 Å². The Balaban J connectivity index is 1.98. The van der Waals surface area contributed by atoms with Gasteiger partial charge in [-0.2, -0.15) is 4.98 Å². The van der Waals surface area contributed by atoms with Gasteiger partial charge in [0.15, 0.2) is 5.82 Å². The predicted molar refractivity (Wildman–Crippen MR) is 116 cm³/mol. The van der Waals surface area contributed by atoms with Crippen molar-refractivity contribution in [2.75, 3.05) is 17.1 Å². The molecule has 0 bridgehead atoms. The third-order valence-electron chi connectivity index (χ3n) is 4.50. The van der Waals surface area contributed by atoms with Gasteiger partial charge in [0.05, 0.1) is 15.8 Å². The molecule has 1 aromatic carbocycles. The number of imidazole rings is 1. The van der Waals surface area contributed by atoms with Gasteiger partial charge in [-0.15, -0.1) is 23.1 Å². The van der Waals surface area contributed by atoms with Gasteiger partial charge in [-0.1, -0.05) is 6.42 Å². The maximum Gasteiger partial charge on any atom is 0.354 e. The molecule has 2 aliphatic heterocycles. The van der Waals surface area contributed by atoms with Crippen molar-refractivity contribution in [1.29, 1.82) is 0 Å². The SMILES string of the molecule is Cc1sc(SCCCCCF)c2c(NS(=O)(=O)c3ccc(F)cc3)nc(=O)n-2c1C. The smallest absolute Gasteiger partial charge is 0.261 e. The van der Waals surface area contributed by atoms with Gasteiger partial charge >= 0.3 is 5.69 Å². The zero-order valence-electron chi connectivity index (χ0n) is 16.4. The van der Waals surface area contributed by atoms with Crippen molar-refractivity contribution >= 4 is 38.9 Å². The van der Waals surface area contributed by atoms with E-state index in [1.165, 1.54) is 27.7 Å². The second kappa shape index (κ2) is 9.44. The Labute approximate surface area is 181 Å². The highest BCUT2D eigenvalue weighted by Crippen LogP contribution is 2.38. The van der Waals surface area contributed by atoms with E-state index in [4.69, 9.17) is 0 Å². The Morgan fingerprint density at radius 3 is 2.53 bits per heavy atom. The summed E-state index contributed by atoms with van der Waals surface area (Å²) >= 11 is 2.94. The third kappa shape index (κ3) is 4.84. The van der Waals surface area contributed by atoms with Crippen LogP contribution in [0.25, 0.3) is 5.69 Å². The van der Waals surface area contributed by atoms with Crippen LogP contribution in [0.4, 0.5) is 14.6 Å². The molecule has 30 heavy (non-hydrogen) atoms. The standard InChI is InChI=1S/C19H21F2N3O3S3/c1-12-13(2)29-18(28-11-5-3-4-10-20)16-17(22-19(25)24(12)16)23-30(26,27)15-8-6-14(21)7-9-15/h6-9H,3-5,10-11H2,1-2H3,(H,22,23,25). The number of benzene rings is 1. The van der Waals surface area contributed by atoms with Crippen LogP contribution in [-0.2, 0) is 10.0 Å². The van der Waals surface area contributed by atoms with E-state index < -0.39 is 21.5 Å². The number of hydrogen-bond acceptors (Lipinski definition) is 6. The lowest BCUT2D eigenvalue weighted by atomic mass is 10.3. The number of unbranched alkanes of at least 4 members (excludes halogenated alkanes) is 2. The minimum atomic E-state index is -4.06. The summed E-state index contributed by atoms with van der Waals surface area (Å²) in [5.41, 5.74) is 0.505. The number of halogens is 2. The zero-order chi connectivity index (χ0) is 21.9. The fourth-order valence-corrected chi connectivity index (χ4v) is 6.36. The first-order valence-electron chi connectivity index (χ1n) is 9.24. The summed E-state index contributed by atoms with van der Waals surface area (Å²) in [4.78, 5) is 17.2. The minimum Gasteiger partial charge on any atom is -0.261 e. The molecule has 0 atom stereocenters. The fourth-order valence-electron chi connectivity index (χ4n) is 2.83. The molecule has 0 saturated carbocycles. The second-order valence-corrected chi connectivity index (χ2v) is 10.9. The molecule has 0 saturated heterocycles. The topological polar surface area (TPSA) is 81.1 Å². The van der Waals surface area contributed by atoms with Crippen molar-refractivity contribution in [3.05, 3.63) is 51.1 Å². The number of nitrogens with one attached hydrogen (secondary N) is 1. The number of thioether (sulfide) groups is 1. The average molecular weight is 474 g/mol. The van der Waals surface area contributed by atoms with Crippen LogP contribution in [0.1, 0.15) is 29.8 Å². The van der Waals surface area contributed by atoms with E-state index in [-0.39, 0.29) is 17.4 Å². The molecule has 0 spiro atoms. The number of anilines is 1. The van der Waals surface area contributed by atoms with E-state index in [1.807, 2.05) is 6.92 Å². The number of hydrogen-bond donors (Lipinski definition) is 1. The number of aromatic nitrogens is 2. The molecular formula is C19H21F2N3O3S3. The first-order chi connectivity index (χ1) is 14.2.